The summed E-state index contributed by atoms with van der Waals surface area (Å²) < 4.78 is 4.65. The van der Waals surface area contributed by atoms with Crippen molar-refractivity contribution in [3.63, 3.8) is 0 Å². The van der Waals surface area contributed by atoms with Gasteiger partial charge in [-0.15, -0.1) is 13.2 Å². The number of ether oxygens (including phenoxy) is 1. The first-order valence-electron chi connectivity index (χ1n) is 4.51. The Morgan fingerprint density at radius 2 is 2.14 bits per heavy atom. The summed E-state index contributed by atoms with van der Waals surface area (Å²) in [6.07, 6.45) is 3.14. The number of allylic oxidation sites excluding steroid dienone is 1. The molecule has 0 saturated carbocycles. The standard InChI is InChI=1S/C11H18O3/c1-5-7-9(12)11(3,8-6-2)10(13)14-4/h5-6,9,12H,1-2,7-8H2,3-4H3/t9-,11+/m1/s1. The van der Waals surface area contributed by atoms with Crippen LogP contribution in [0.4, 0.5) is 0 Å². The third kappa shape index (κ3) is 2.70. The van der Waals surface area contributed by atoms with Gasteiger partial charge < -0.3 is 9.84 Å². The van der Waals surface area contributed by atoms with E-state index < -0.39 is 17.5 Å². The number of aliphatic hydroxyl groups excluding tert-OH is 1. The molecule has 80 valence electrons. The van der Waals surface area contributed by atoms with E-state index >= 15 is 0 Å². The molecular formula is C11H18O3. The minimum Gasteiger partial charge on any atom is -0.469 e. The average molecular weight is 198 g/mol. The second-order valence-electron chi connectivity index (χ2n) is 3.44. The van der Waals surface area contributed by atoms with Crippen LogP contribution in [-0.4, -0.2) is 24.3 Å². The predicted molar refractivity (Wildman–Crippen MR) is 55.8 cm³/mol. The van der Waals surface area contributed by atoms with Gasteiger partial charge in [0.25, 0.3) is 0 Å². The number of hydrogen-bond acceptors (Lipinski definition) is 3. The summed E-state index contributed by atoms with van der Waals surface area (Å²) in [5.74, 6) is -0.424. The maximum atomic E-state index is 11.5. The van der Waals surface area contributed by atoms with Crippen molar-refractivity contribution < 1.29 is 14.6 Å². The number of rotatable bonds is 6. The van der Waals surface area contributed by atoms with E-state index in [1.165, 1.54) is 7.11 Å². The van der Waals surface area contributed by atoms with E-state index in [2.05, 4.69) is 17.9 Å². The summed E-state index contributed by atoms with van der Waals surface area (Å²) >= 11 is 0. The molecule has 0 aliphatic carbocycles. The fourth-order valence-electron chi connectivity index (χ4n) is 1.31. The van der Waals surface area contributed by atoms with E-state index in [4.69, 9.17) is 0 Å². The van der Waals surface area contributed by atoms with Crippen LogP contribution in [0.2, 0.25) is 0 Å². The molecule has 3 nitrogen and oxygen atoms in total. The van der Waals surface area contributed by atoms with Crippen LogP contribution in [0.3, 0.4) is 0 Å². The van der Waals surface area contributed by atoms with Crippen LogP contribution in [0.1, 0.15) is 19.8 Å². The third-order valence-corrected chi connectivity index (χ3v) is 2.35. The Bertz CT molecular complexity index is 223. The number of methoxy groups -OCH3 is 1. The summed E-state index contributed by atoms with van der Waals surface area (Å²) in [4.78, 5) is 11.5. The highest BCUT2D eigenvalue weighted by Gasteiger charge is 2.39. The molecule has 0 radical (unpaired) electrons. The van der Waals surface area contributed by atoms with E-state index in [0.717, 1.165) is 0 Å². The van der Waals surface area contributed by atoms with Gasteiger partial charge in [-0.2, -0.15) is 0 Å². The highest BCUT2D eigenvalue weighted by atomic mass is 16.5. The van der Waals surface area contributed by atoms with Gasteiger partial charge in [-0.25, -0.2) is 0 Å². The fraction of sp³-hybridized carbons (Fsp3) is 0.545. The van der Waals surface area contributed by atoms with Gasteiger partial charge in [0.2, 0.25) is 0 Å². The summed E-state index contributed by atoms with van der Waals surface area (Å²) in [6, 6.07) is 0. The zero-order chi connectivity index (χ0) is 11.2. The molecule has 2 atom stereocenters. The van der Waals surface area contributed by atoms with Gasteiger partial charge in [-0.05, 0) is 19.8 Å². The Morgan fingerprint density at radius 3 is 2.50 bits per heavy atom. The van der Waals surface area contributed by atoms with Crippen molar-refractivity contribution in [1.82, 2.24) is 0 Å². The Hall–Kier alpha value is -1.09. The molecular weight excluding hydrogens is 180 g/mol. The van der Waals surface area contributed by atoms with E-state index in [1.54, 1.807) is 19.1 Å². The van der Waals surface area contributed by atoms with Crippen LogP contribution in [0, 0.1) is 5.41 Å². The molecule has 0 heterocycles. The quantitative estimate of drug-likeness (QED) is 0.521. The molecule has 3 heteroatoms. The summed E-state index contributed by atoms with van der Waals surface area (Å²) in [5, 5.41) is 9.78. The van der Waals surface area contributed by atoms with Crippen LogP contribution in [0.5, 0.6) is 0 Å². The van der Waals surface area contributed by atoms with Gasteiger partial charge in [0.1, 0.15) is 0 Å². The molecule has 0 aliphatic heterocycles. The first kappa shape index (κ1) is 12.9. The van der Waals surface area contributed by atoms with Gasteiger partial charge in [0, 0.05) is 0 Å². The highest BCUT2D eigenvalue weighted by Crippen LogP contribution is 2.30. The monoisotopic (exact) mass is 198 g/mol. The number of hydrogen-bond donors (Lipinski definition) is 1. The van der Waals surface area contributed by atoms with Crippen molar-refractivity contribution in [3.05, 3.63) is 25.3 Å². The first-order chi connectivity index (χ1) is 6.52. The zero-order valence-electron chi connectivity index (χ0n) is 8.82. The van der Waals surface area contributed by atoms with Crippen molar-refractivity contribution in [2.45, 2.75) is 25.9 Å². The Balaban J connectivity index is 4.76. The maximum Gasteiger partial charge on any atom is 0.314 e. The lowest BCUT2D eigenvalue weighted by Gasteiger charge is -2.30. The lowest BCUT2D eigenvalue weighted by Crippen LogP contribution is -2.40. The van der Waals surface area contributed by atoms with Gasteiger partial charge in [-0.1, -0.05) is 12.2 Å². The van der Waals surface area contributed by atoms with Gasteiger partial charge in [0.15, 0.2) is 0 Å². The number of carbonyl (C=O) groups excluding carboxylic acids is 1. The minimum absolute atomic E-state index is 0.361. The van der Waals surface area contributed by atoms with Crippen LogP contribution in [0.15, 0.2) is 25.3 Å². The van der Waals surface area contributed by atoms with Crippen molar-refractivity contribution in [1.29, 1.82) is 0 Å². The number of esters is 1. The second kappa shape index (κ2) is 5.60. The SMILES string of the molecule is C=CC[C@@H](O)[C@](C)(CC=C)C(=O)OC. The maximum absolute atomic E-state index is 11.5. The summed E-state index contributed by atoms with van der Waals surface area (Å²) in [7, 11) is 1.31. The molecule has 0 aromatic rings. The Labute approximate surface area is 85.1 Å². The van der Waals surface area contributed by atoms with Crippen LogP contribution in [-0.2, 0) is 9.53 Å². The van der Waals surface area contributed by atoms with E-state index in [1.807, 2.05) is 0 Å². The largest absolute Gasteiger partial charge is 0.469 e. The minimum atomic E-state index is -0.926. The molecule has 0 fully saturated rings. The lowest BCUT2D eigenvalue weighted by molar-refractivity contribution is -0.158. The average Bonchev–Trinajstić information content (AvgIpc) is 2.17. The summed E-state index contributed by atoms with van der Waals surface area (Å²) in [6.45, 7) is 8.74. The lowest BCUT2D eigenvalue weighted by atomic mass is 9.79. The van der Waals surface area contributed by atoms with E-state index in [-0.39, 0.29) is 0 Å². The predicted octanol–water partition coefficient (Wildman–Crippen LogP) is 1.68. The normalized spacial score (nSPS) is 16.5. The topological polar surface area (TPSA) is 46.5 Å². The fourth-order valence-corrected chi connectivity index (χ4v) is 1.31. The van der Waals surface area contributed by atoms with Crippen LogP contribution >= 0.6 is 0 Å². The molecule has 0 rings (SSSR count). The van der Waals surface area contributed by atoms with Crippen molar-refractivity contribution in [3.8, 4) is 0 Å². The van der Waals surface area contributed by atoms with Crippen molar-refractivity contribution >= 4 is 5.97 Å². The van der Waals surface area contributed by atoms with Gasteiger partial charge in [-0.3, -0.25) is 4.79 Å². The smallest absolute Gasteiger partial charge is 0.314 e. The Morgan fingerprint density at radius 1 is 1.57 bits per heavy atom. The van der Waals surface area contributed by atoms with Crippen LogP contribution in [0.25, 0.3) is 0 Å². The van der Waals surface area contributed by atoms with Crippen LogP contribution < -0.4 is 0 Å². The molecule has 1 N–H and O–H groups in total. The molecule has 0 aromatic heterocycles. The van der Waals surface area contributed by atoms with E-state index in [0.29, 0.717) is 12.8 Å². The first-order valence-corrected chi connectivity index (χ1v) is 4.51. The Kier molecular flexibility index (Phi) is 5.16. The van der Waals surface area contributed by atoms with Gasteiger partial charge in [0.05, 0.1) is 18.6 Å². The molecule has 0 saturated heterocycles. The second-order valence-corrected chi connectivity index (χ2v) is 3.44. The zero-order valence-corrected chi connectivity index (χ0v) is 8.82. The van der Waals surface area contributed by atoms with E-state index in [9.17, 15) is 9.90 Å². The number of carbonyl (C=O) groups is 1. The van der Waals surface area contributed by atoms with Gasteiger partial charge >= 0.3 is 5.97 Å². The molecule has 0 aliphatic rings. The molecule has 0 spiro atoms. The number of aliphatic hydroxyl groups is 1. The molecule has 0 amide bonds. The third-order valence-electron chi connectivity index (χ3n) is 2.35. The molecule has 0 aromatic carbocycles. The van der Waals surface area contributed by atoms with Crippen molar-refractivity contribution in [2.75, 3.05) is 7.11 Å². The van der Waals surface area contributed by atoms with Crippen molar-refractivity contribution in [2.24, 2.45) is 5.41 Å². The molecule has 0 bridgehead atoms. The summed E-state index contributed by atoms with van der Waals surface area (Å²) in [5.41, 5.74) is -0.926. The highest BCUT2D eigenvalue weighted by molar-refractivity contribution is 5.77. The molecule has 0 unspecified atom stereocenters. The molecule has 14 heavy (non-hydrogen) atoms.